The highest BCUT2D eigenvalue weighted by molar-refractivity contribution is 7.79. The Morgan fingerprint density at radius 1 is 1.14 bits per heavy atom. The predicted octanol–water partition coefficient (Wildman–Crippen LogP) is 2.76. The number of carbonyl (C=O) groups is 3. The van der Waals surface area contributed by atoms with Crippen LogP contribution in [-0.4, -0.2) is 59.9 Å². The van der Waals surface area contributed by atoms with Crippen molar-refractivity contribution < 1.29 is 23.9 Å². The molecular formula is C25H26N4O5S. The Hall–Kier alpha value is -3.63. The number of thiocarbonyl (C=S) groups is 1. The molecule has 0 radical (unpaired) electrons. The molecule has 1 saturated heterocycles. The zero-order chi connectivity index (χ0) is 24.6. The fourth-order valence-electron chi connectivity index (χ4n) is 3.45. The quantitative estimate of drug-likeness (QED) is 0.315. The maximum Gasteiger partial charge on any atom is 0.412 e. The molecule has 2 unspecified atom stereocenters. The van der Waals surface area contributed by atoms with Crippen molar-refractivity contribution in [2.75, 3.05) is 13.3 Å². The van der Waals surface area contributed by atoms with E-state index in [1.165, 1.54) is 16.6 Å². The molecule has 0 aromatic heterocycles. The SMILES string of the molecule is O=C(NC1CC1)c1ccc(C(C=S)N=CNC(=O)C2COCN2C(=O)OCc2ccccc2)cc1. The third-order valence-electron chi connectivity index (χ3n) is 5.62. The van der Waals surface area contributed by atoms with E-state index in [4.69, 9.17) is 21.7 Å². The molecular weight excluding hydrogens is 468 g/mol. The van der Waals surface area contributed by atoms with Crippen LogP contribution in [0.1, 0.15) is 40.4 Å². The number of aliphatic imine (C=N–C) groups is 1. The average Bonchev–Trinajstić information content (AvgIpc) is 3.56. The maximum absolute atomic E-state index is 12.6. The van der Waals surface area contributed by atoms with Gasteiger partial charge in [-0.3, -0.25) is 19.5 Å². The summed E-state index contributed by atoms with van der Waals surface area (Å²) in [6.07, 6.45) is 2.68. The molecule has 2 atom stereocenters. The van der Waals surface area contributed by atoms with Crippen LogP contribution in [0.25, 0.3) is 0 Å². The van der Waals surface area contributed by atoms with Gasteiger partial charge in [0.1, 0.15) is 25.4 Å². The molecule has 2 aromatic carbocycles. The van der Waals surface area contributed by atoms with Crippen LogP contribution in [0.15, 0.2) is 59.6 Å². The number of ether oxygens (including phenoxy) is 2. The number of carbonyl (C=O) groups excluding carboxylic acids is 3. The van der Waals surface area contributed by atoms with Crippen LogP contribution in [0, 0.1) is 0 Å². The number of rotatable bonds is 9. The lowest BCUT2D eigenvalue weighted by Crippen LogP contribution is -2.47. The van der Waals surface area contributed by atoms with Crippen molar-refractivity contribution in [3.63, 3.8) is 0 Å². The summed E-state index contributed by atoms with van der Waals surface area (Å²) in [6, 6.07) is 15.2. The third-order valence-corrected chi connectivity index (χ3v) is 5.88. The minimum atomic E-state index is -0.833. The summed E-state index contributed by atoms with van der Waals surface area (Å²) in [4.78, 5) is 42.8. The minimum Gasteiger partial charge on any atom is -0.444 e. The van der Waals surface area contributed by atoms with E-state index in [2.05, 4.69) is 15.6 Å². The van der Waals surface area contributed by atoms with Crippen LogP contribution in [0.2, 0.25) is 0 Å². The van der Waals surface area contributed by atoms with Crippen LogP contribution in [0.5, 0.6) is 0 Å². The molecule has 4 rings (SSSR count). The molecule has 1 heterocycles. The Balaban J connectivity index is 1.29. The average molecular weight is 495 g/mol. The normalized spacial score (nSPS) is 18.2. The zero-order valence-corrected chi connectivity index (χ0v) is 19.8. The van der Waals surface area contributed by atoms with Gasteiger partial charge in [0.2, 0.25) is 5.91 Å². The first-order valence-electron chi connectivity index (χ1n) is 11.3. The topological polar surface area (TPSA) is 109 Å². The molecule has 3 amide bonds. The van der Waals surface area contributed by atoms with Crippen LogP contribution in [0.4, 0.5) is 4.79 Å². The van der Waals surface area contributed by atoms with Gasteiger partial charge >= 0.3 is 6.09 Å². The first-order valence-corrected chi connectivity index (χ1v) is 11.8. The highest BCUT2D eigenvalue weighted by atomic mass is 32.1. The van der Waals surface area contributed by atoms with Crippen LogP contribution in [-0.2, 0) is 20.9 Å². The molecule has 10 heteroatoms. The predicted molar refractivity (Wildman–Crippen MR) is 133 cm³/mol. The lowest BCUT2D eigenvalue weighted by atomic mass is 10.1. The van der Waals surface area contributed by atoms with E-state index in [1.54, 1.807) is 24.3 Å². The van der Waals surface area contributed by atoms with E-state index in [0.29, 0.717) is 5.56 Å². The van der Waals surface area contributed by atoms with E-state index in [1.807, 2.05) is 30.3 Å². The molecule has 2 aromatic rings. The number of hydrogen-bond donors (Lipinski definition) is 2. The van der Waals surface area contributed by atoms with Crippen molar-refractivity contribution in [1.82, 2.24) is 15.5 Å². The van der Waals surface area contributed by atoms with Crippen LogP contribution < -0.4 is 10.6 Å². The lowest BCUT2D eigenvalue weighted by Gasteiger charge is -2.20. The Labute approximate surface area is 208 Å². The lowest BCUT2D eigenvalue weighted by molar-refractivity contribution is -0.123. The number of nitrogens with zero attached hydrogens (tertiary/aromatic N) is 2. The summed E-state index contributed by atoms with van der Waals surface area (Å²) in [6.45, 7) is 0.122. The molecule has 1 saturated carbocycles. The van der Waals surface area contributed by atoms with Crippen molar-refractivity contribution in [3.05, 3.63) is 71.3 Å². The molecule has 182 valence electrons. The first kappa shape index (κ1) is 24.5. The van der Waals surface area contributed by atoms with E-state index >= 15 is 0 Å². The Morgan fingerprint density at radius 3 is 2.57 bits per heavy atom. The molecule has 0 bridgehead atoms. The second-order valence-corrected chi connectivity index (χ2v) is 8.54. The smallest absolute Gasteiger partial charge is 0.412 e. The van der Waals surface area contributed by atoms with Gasteiger partial charge in [0.15, 0.2) is 0 Å². The summed E-state index contributed by atoms with van der Waals surface area (Å²) in [5.74, 6) is -0.544. The number of nitrogens with one attached hydrogen (secondary N) is 2. The minimum absolute atomic E-state index is 0.0356. The standard InChI is InChI=1S/C25H26N4O5S/c30-23(28-20-10-11-20)19-8-6-18(7-9-19)21(14-35)26-15-27-24(31)22-13-33-16-29(22)25(32)34-12-17-4-2-1-3-5-17/h1-9,14-15,20-22H,10-13,16H2,(H,28,30)(H,26,27,31). The Morgan fingerprint density at radius 2 is 1.89 bits per heavy atom. The maximum atomic E-state index is 12.6. The van der Waals surface area contributed by atoms with Gasteiger partial charge in [0.25, 0.3) is 5.91 Å². The highest BCUT2D eigenvalue weighted by Gasteiger charge is 2.36. The second-order valence-electron chi connectivity index (χ2n) is 8.26. The van der Waals surface area contributed by atoms with Crippen LogP contribution >= 0.6 is 12.2 Å². The van der Waals surface area contributed by atoms with Gasteiger partial charge in [-0.05, 0) is 36.1 Å². The van der Waals surface area contributed by atoms with Gasteiger partial charge in [-0.2, -0.15) is 0 Å². The molecule has 2 fully saturated rings. The molecule has 1 aliphatic carbocycles. The largest absolute Gasteiger partial charge is 0.444 e. The Bertz CT molecular complexity index is 1090. The molecule has 1 aliphatic heterocycles. The number of hydrogen-bond acceptors (Lipinski definition) is 7. The molecule has 0 spiro atoms. The Kier molecular flexibility index (Phi) is 8.17. The van der Waals surface area contributed by atoms with Crippen LogP contribution in [0.3, 0.4) is 0 Å². The number of amides is 3. The molecule has 9 nitrogen and oxygen atoms in total. The summed E-state index contributed by atoms with van der Waals surface area (Å²) >= 11 is 5.09. The van der Waals surface area contributed by atoms with Crippen molar-refractivity contribution in [2.24, 2.45) is 4.99 Å². The van der Waals surface area contributed by atoms with Gasteiger partial charge in [0.05, 0.1) is 12.9 Å². The third kappa shape index (κ3) is 6.71. The van der Waals surface area contributed by atoms with Gasteiger partial charge in [-0.1, -0.05) is 54.7 Å². The van der Waals surface area contributed by atoms with Crippen molar-refractivity contribution in [3.8, 4) is 0 Å². The monoisotopic (exact) mass is 494 g/mol. The van der Waals surface area contributed by atoms with Crippen molar-refractivity contribution in [2.45, 2.75) is 37.6 Å². The van der Waals surface area contributed by atoms with Gasteiger partial charge in [-0.25, -0.2) is 4.79 Å². The van der Waals surface area contributed by atoms with Crippen molar-refractivity contribution >= 4 is 41.8 Å². The first-order chi connectivity index (χ1) is 17.0. The number of benzene rings is 2. The molecule has 2 aliphatic rings. The fraction of sp³-hybridized carbons (Fsp3) is 0.320. The highest BCUT2D eigenvalue weighted by Crippen LogP contribution is 2.20. The van der Waals surface area contributed by atoms with E-state index < -0.39 is 24.1 Å². The van der Waals surface area contributed by atoms with Gasteiger partial charge in [-0.15, -0.1) is 0 Å². The van der Waals surface area contributed by atoms with Gasteiger partial charge < -0.3 is 20.1 Å². The second kappa shape index (κ2) is 11.7. The summed E-state index contributed by atoms with van der Waals surface area (Å²) in [7, 11) is 0. The molecule has 35 heavy (non-hydrogen) atoms. The van der Waals surface area contributed by atoms with Crippen molar-refractivity contribution in [1.29, 1.82) is 0 Å². The van der Waals surface area contributed by atoms with Gasteiger partial charge in [0, 0.05) is 17.0 Å². The van der Waals surface area contributed by atoms with E-state index in [9.17, 15) is 14.4 Å². The zero-order valence-electron chi connectivity index (χ0n) is 19.0. The summed E-state index contributed by atoms with van der Waals surface area (Å²) < 4.78 is 10.6. The van der Waals surface area contributed by atoms with E-state index in [-0.39, 0.29) is 31.9 Å². The fourth-order valence-corrected chi connectivity index (χ4v) is 3.67. The summed E-state index contributed by atoms with van der Waals surface area (Å²) in [5.41, 5.74) is 2.20. The van der Waals surface area contributed by atoms with E-state index in [0.717, 1.165) is 24.0 Å². The summed E-state index contributed by atoms with van der Waals surface area (Å²) in [5, 5.41) is 6.99. The molecule has 2 N–H and O–H groups in total.